The predicted octanol–water partition coefficient (Wildman–Crippen LogP) is 4.30. The summed E-state index contributed by atoms with van der Waals surface area (Å²) in [6, 6.07) is 8.56. The van der Waals surface area contributed by atoms with Crippen molar-refractivity contribution in [2.45, 2.75) is 19.9 Å². The minimum Gasteiger partial charge on any atom is -0.466 e. The van der Waals surface area contributed by atoms with Gasteiger partial charge in [-0.3, -0.25) is 0 Å². The molecule has 19 heavy (non-hydrogen) atoms. The standard InChI is InChI=1S/C15H14FNOS/c1-8-5-12(9(2)18-8)15(17)14-6-10-3-4-11(16)7-13(10)19-14/h3-7,15H,17H2,1-2H3. The number of benzene rings is 1. The van der Waals surface area contributed by atoms with Crippen LogP contribution in [0.3, 0.4) is 0 Å². The molecule has 2 N–H and O–H groups in total. The van der Waals surface area contributed by atoms with Gasteiger partial charge >= 0.3 is 0 Å². The van der Waals surface area contributed by atoms with E-state index >= 15 is 0 Å². The molecule has 1 unspecified atom stereocenters. The zero-order valence-electron chi connectivity index (χ0n) is 10.7. The highest BCUT2D eigenvalue weighted by Crippen LogP contribution is 2.34. The van der Waals surface area contributed by atoms with Crippen LogP contribution in [0.15, 0.2) is 34.7 Å². The van der Waals surface area contributed by atoms with Gasteiger partial charge in [0, 0.05) is 15.1 Å². The number of aryl methyl sites for hydroxylation is 2. The normalized spacial score (nSPS) is 13.1. The molecule has 3 aromatic rings. The molecule has 2 nitrogen and oxygen atoms in total. The first-order chi connectivity index (χ1) is 9.04. The zero-order chi connectivity index (χ0) is 13.6. The topological polar surface area (TPSA) is 39.2 Å². The third kappa shape index (κ3) is 2.17. The van der Waals surface area contributed by atoms with Crippen LogP contribution < -0.4 is 5.73 Å². The average molecular weight is 275 g/mol. The highest BCUT2D eigenvalue weighted by molar-refractivity contribution is 7.19. The molecule has 2 heterocycles. The van der Waals surface area contributed by atoms with Gasteiger partial charge in [0.25, 0.3) is 0 Å². The molecule has 0 spiro atoms. The van der Waals surface area contributed by atoms with Gasteiger partial charge in [-0.1, -0.05) is 6.07 Å². The molecule has 3 rings (SSSR count). The SMILES string of the molecule is Cc1cc(C(N)c2cc3ccc(F)cc3s2)c(C)o1. The van der Waals surface area contributed by atoms with Crippen LogP contribution in [0.5, 0.6) is 0 Å². The number of furan rings is 1. The molecule has 98 valence electrons. The number of hydrogen-bond acceptors (Lipinski definition) is 3. The summed E-state index contributed by atoms with van der Waals surface area (Å²) in [5.41, 5.74) is 7.28. The molecule has 0 radical (unpaired) electrons. The summed E-state index contributed by atoms with van der Waals surface area (Å²) in [5, 5.41) is 1.02. The van der Waals surface area contributed by atoms with Crippen molar-refractivity contribution in [3.05, 3.63) is 58.1 Å². The highest BCUT2D eigenvalue weighted by atomic mass is 32.1. The third-order valence-electron chi connectivity index (χ3n) is 3.22. The molecule has 0 saturated carbocycles. The van der Waals surface area contributed by atoms with Gasteiger partial charge in [-0.25, -0.2) is 4.39 Å². The number of hydrogen-bond donors (Lipinski definition) is 1. The Balaban J connectivity index is 2.06. The number of rotatable bonds is 2. The van der Waals surface area contributed by atoms with E-state index in [1.165, 1.54) is 17.4 Å². The average Bonchev–Trinajstić information content (AvgIpc) is 2.91. The Morgan fingerprint density at radius 3 is 2.68 bits per heavy atom. The van der Waals surface area contributed by atoms with E-state index in [1.807, 2.05) is 26.0 Å². The summed E-state index contributed by atoms with van der Waals surface area (Å²) in [7, 11) is 0. The maximum absolute atomic E-state index is 13.2. The molecule has 0 saturated heterocycles. The van der Waals surface area contributed by atoms with Crippen molar-refractivity contribution in [3.63, 3.8) is 0 Å². The lowest BCUT2D eigenvalue weighted by Crippen LogP contribution is -2.10. The maximum atomic E-state index is 13.2. The molecule has 0 bridgehead atoms. The van der Waals surface area contributed by atoms with Crippen LogP contribution in [-0.2, 0) is 0 Å². The highest BCUT2D eigenvalue weighted by Gasteiger charge is 2.17. The van der Waals surface area contributed by atoms with Crippen LogP contribution in [-0.4, -0.2) is 0 Å². The van der Waals surface area contributed by atoms with Crippen molar-refractivity contribution in [3.8, 4) is 0 Å². The van der Waals surface area contributed by atoms with Crippen molar-refractivity contribution in [1.29, 1.82) is 0 Å². The lowest BCUT2D eigenvalue weighted by Gasteiger charge is -2.07. The molecule has 0 fully saturated rings. The predicted molar refractivity (Wildman–Crippen MR) is 76.0 cm³/mol. The van der Waals surface area contributed by atoms with E-state index in [9.17, 15) is 4.39 Å². The maximum Gasteiger partial charge on any atom is 0.124 e. The van der Waals surface area contributed by atoms with Crippen molar-refractivity contribution in [1.82, 2.24) is 0 Å². The van der Waals surface area contributed by atoms with E-state index in [4.69, 9.17) is 10.2 Å². The van der Waals surface area contributed by atoms with Crippen molar-refractivity contribution < 1.29 is 8.81 Å². The van der Waals surface area contributed by atoms with Crippen molar-refractivity contribution >= 4 is 21.4 Å². The Labute approximate surface area is 114 Å². The first-order valence-corrected chi connectivity index (χ1v) is 6.88. The second-order valence-electron chi connectivity index (χ2n) is 4.68. The van der Waals surface area contributed by atoms with Gasteiger partial charge in [-0.05, 0) is 43.5 Å². The molecule has 1 aromatic carbocycles. The van der Waals surface area contributed by atoms with Crippen molar-refractivity contribution in [2.24, 2.45) is 5.73 Å². The van der Waals surface area contributed by atoms with Gasteiger partial charge in [-0.15, -0.1) is 11.3 Å². The summed E-state index contributed by atoms with van der Waals surface area (Å²) in [5.74, 6) is 1.48. The lowest BCUT2D eigenvalue weighted by molar-refractivity contribution is 0.500. The van der Waals surface area contributed by atoms with Gasteiger partial charge < -0.3 is 10.2 Å². The van der Waals surface area contributed by atoms with Crippen molar-refractivity contribution in [2.75, 3.05) is 0 Å². The molecule has 0 amide bonds. The van der Waals surface area contributed by atoms with Crippen LogP contribution in [0.2, 0.25) is 0 Å². The minimum atomic E-state index is -0.224. The quantitative estimate of drug-likeness (QED) is 0.757. The fraction of sp³-hybridized carbons (Fsp3) is 0.200. The van der Waals surface area contributed by atoms with Crippen LogP contribution >= 0.6 is 11.3 Å². The summed E-state index contributed by atoms with van der Waals surface area (Å²) < 4.78 is 19.6. The molecule has 0 aliphatic rings. The van der Waals surface area contributed by atoms with Crippen LogP contribution in [0, 0.1) is 19.7 Å². The smallest absolute Gasteiger partial charge is 0.124 e. The first-order valence-electron chi connectivity index (χ1n) is 6.06. The number of fused-ring (bicyclic) bond motifs is 1. The fourth-order valence-electron chi connectivity index (χ4n) is 2.29. The van der Waals surface area contributed by atoms with Gasteiger partial charge in [0.05, 0.1) is 6.04 Å². The second kappa shape index (κ2) is 4.47. The third-order valence-corrected chi connectivity index (χ3v) is 4.40. The minimum absolute atomic E-state index is 0.218. The number of thiophene rings is 1. The molecule has 0 aliphatic heterocycles. The van der Waals surface area contributed by atoms with E-state index in [0.29, 0.717) is 0 Å². The monoisotopic (exact) mass is 275 g/mol. The summed E-state index contributed by atoms with van der Waals surface area (Å²) in [6.45, 7) is 3.82. The number of halogens is 1. The Morgan fingerprint density at radius 2 is 2.00 bits per heavy atom. The Bertz CT molecular complexity index is 744. The molecular weight excluding hydrogens is 261 g/mol. The van der Waals surface area contributed by atoms with E-state index < -0.39 is 0 Å². The fourth-order valence-corrected chi connectivity index (χ4v) is 3.40. The van der Waals surface area contributed by atoms with Crippen LogP contribution in [0.25, 0.3) is 10.1 Å². The Hall–Kier alpha value is -1.65. The second-order valence-corrected chi connectivity index (χ2v) is 5.79. The summed E-state index contributed by atoms with van der Waals surface area (Å²) in [6.07, 6.45) is 0. The molecule has 1 atom stereocenters. The van der Waals surface area contributed by atoms with E-state index in [-0.39, 0.29) is 11.9 Å². The molecule has 0 aliphatic carbocycles. The van der Waals surface area contributed by atoms with E-state index in [2.05, 4.69) is 0 Å². The van der Waals surface area contributed by atoms with Gasteiger partial charge in [0.15, 0.2) is 0 Å². The van der Waals surface area contributed by atoms with Gasteiger partial charge in [0.2, 0.25) is 0 Å². The molecule has 4 heteroatoms. The van der Waals surface area contributed by atoms with Gasteiger partial charge in [0.1, 0.15) is 17.3 Å². The Kier molecular flexibility index (Phi) is 2.92. The summed E-state index contributed by atoms with van der Waals surface area (Å²) in [4.78, 5) is 1.02. The van der Waals surface area contributed by atoms with Crippen LogP contribution in [0.1, 0.15) is 28.0 Å². The molecule has 2 aromatic heterocycles. The Morgan fingerprint density at radius 1 is 1.21 bits per heavy atom. The largest absolute Gasteiger partial charge is 0.466 e. The van der Waals surface area contributed by atoms with E-state index in [0.717, 1.165) is 32.0 Å². The first kappa shape index (κ1) is 12.4. The van der Waals surface area contributed by atoms with Crippen LogP contribution in [0.4, 0.5) is 4.39 Å². The number of nitrogens with two attached hydrogens (primary N) is 1. The summed E-state index contributed by atoms with van der Waals surface area (Å²) >= 11 is 1.53. The van der Waals surface area contributed by atoms with E-state index in [1.54, 1.807) is 12.1 Å². The lowest BCUT2D eigenvalue weighted by atomic mass is 10.1. The molecular formula is C15H14FNOS. The van der Waals surface area contributed by atoms with Gasteiger partial charge in [-0.2, -0.15) is 0 Å². The zero-order valence-corrected chi connectivity index (χ0v) is 11.6.